The molecule has 4 unspecified atom stereocenters. The van der Waals surface area contributed by atoms with Gasteiger partial charge in [-0.05, 0) is 43.4 Å². The largest absolute Gasteiger partial charge is 0.381 e. The van der Waals surface area contributed by atoms with Gasteiger partial charge in [-0.15, -0.1) is 0 Å². The van der Waals surface area contributed by atoms with Gasteiger partial charge in [0.1, 0.15) is 6.17 Å². The highest BCUT2D eigenvalue weighted by Gasteiger charge is 2.55. The van der Waals surface area contributed by atoms with Gasteiger partial charge in [-0.3, -0.25) is 0 Å². The zero-order valence-corrected chi connectivity index (χ0v) is 16.6. The highest BCUT2D eigenvalue weighted by Crippen LogP contribution is 2.54. The fourth-order valence-electron chi connectivity index (χ4n) is 5.27. The molecular formula is C21H38FNO. The number of nitrogens with one attached hydrogen (secondary N) is 1. The Morgan fingerprint density at radius 3 is 2.54 bits per heavy atom. The van der Waals surface area contributed by atoms with Crippen LogP contribution in [-0.2, 0) is 4.74 Å². The van der Waals surface area contributed by atoms with Crippen molar-refractivity contribution >= 4 is 0 Å². The molecule has 0 radical (unpaired) electrons. The average Bonchev–Trinajstić information content (AvgIpc) is 2.57. The van der Waals surface area contributed by atoms with Crippen molar-refractivity contribution in [3.63, 3.8) is 0 Å². The molecule has 140 valence electrons. The van der Waals surface area contributed by atoms with Crippen LogP contribution in [-0.4, -0.2) is 31.5 Å². The molecule has 0 bridgehead atoms. The molecule has 0 spiro atoms. The predicted octanol–water partition coefficient (Wildman–Crippen LogP) is 5.14. The van der Waals surface area contributed by atoms with Crippen LogP contribution in [0.15, 0.2) is 12.2 Å². The van der Waals surface area contributed by atoms with E-state index < -0.39 is 6.17 Å². The Labute approximate surface area is 148 Å². The minimum Gasteiger partial charge on any atom is -0.381 e. The molecule has 0 aromatic heterocycles. The van der Waals surface area contributed by atoms with Gasteiger partial charge in [0.15, 0.2) is 0 Å². The third-order valence-corrected chi connectivity index (χ3v) is 7.25. The molecule has 1 aliphatic heterocycles. The minimum atomic E-state index is -0.724. The van der Waals surface area contributed by atoms with Gasteiger partial charge in [0.2, 0.25) is 0 Å². The van der Waals surface area contributed by atoms with Crippen molar-refractivity contribution in [1.82, 2.24) is 5.32 Å². The number of methoxy groups -OCH3 is 1. The summed E-state index contributed by atoms with van der Waals surface area (Å²) in [5.41, 5.74) is 0.0208. The van der Waals surface area contributed by atoms with E-state index in [4.69, 9.17) is 4.74 Å². The molecule has 2 nitrogen and oxygen atoms in total. The lowest BCUT2D eigenvalue weighted by molar-refractivity contribution is -0.0626. The van der Waals surface area contributed by atoms with Crippen LogP contribution in [0.25, 0.3) is 0 Å². The first kappa shape index (κ1) is 19.9. The molecule has 1 N–H and O–H groups in total. The topological polar surface area (TPSA) is 21.3 Å². The van der Waals surface area contributed by atoms with Crippen molar-refractivity contribution < 1.29 is 9.13 Å². The quantitative estimate of drug-likeness (QED) is 0.677. The minimum absolute atomic E-state index is 0.0619. The van der Waals surface area contributed by atoms with Gasteiger partial charge in [-0.25, -0.2) is 4.39 Å². The molecule has 0 aromatic carbocycles. The second-order valence-electron chi connectivity index (χ2n) is 8.79. The lowest BCUT2D eigenvalue weighted by atomic mass is 9.52. The van der Waals surface area contributed by atoms with Crippen LogP contribution < -0.4 is 5.32 Å². The third kappa shape index (κ3) is 3.58. The maximum Gasteiger partial charge on any atom is 0.104 e. The lowest BCUT2D eigenvalue weighted by Gasteiger charge is -2.61. The molecule has 1 saturated heterocycles. The van der Waals surface area contributed by atoms with Crippen molar-refractivity contribution in [3.8, 4) is 0 Å². The number of piperidine rings is 1. The molecule has 0 amide bonds. The van der Waals surface area contributed by atoms with Crippen LogP contribution in [0.5, 0.6) is 0 Å². The van der Waals surface area contributed by atoms with Crippen LogP contribution in [0.4, 0.5) is 4.39 Å². The van der Waals surface area contributed by atoms with E-state index in [0.717, 1.165) is 0 Å². The maximum absolute atomic E-state index is 14.5. The van der Waals surface area contributed by atoms with Crippen LogP contribution >= 0.6 is 0 Å². The number of rotatable bonds is 6. The van der Waals surface area contributed by atoms with E-state index in [1.165, 1.54) is 25.7 Å². The van der Waals surface area contributed by atoms with Gasteiger partial charge < -0.3 is 10.1 Å². The summed E-state index contributed by atoms with van der Waals surface area (Å²) in [6.07, 6.45) is 9.41. The average molecular weight is 340 g/mol. The van der Waals surface area contributed by atoms with Gasteiger partial charge in [-0.1, -0.05) is 52.7 Å². The summed E-state index contributed by atoms with van der Waals surface area (Å²) in [7, 11) is 1.73. The number of hydrogen-bond acceptors (Lipinski definition) is 2. The molecule has 2 aliphatic rings. The van der Waals surface area contributed by atoms with E-state index in [1.54, 1.807) is 7.11 Å². The van der Waals surface area contributed by atoms with Crippen molar-refractivity contribution in [1.29, 1.82) is 0 Å². The zero-order valence-electron chi connectivity index (χ0n) is 16.6. The van der Waals surface area contributed by atoms with Gasteiger partial charge in [0.05, 0.1) is 6.61 Å². The van der Waals surface area contributed by atoms with E-state index in [-0.39, 0.29) is 22.9 Å². The lowest BCUT2D eigenvalue weighted by Crippen LogP contribution is -2.69. The van der Waals surface area contributed by atoms with Crippen molar-refractivity contribution in [2.24, 2.45) is 23.2 Å². The number of alkyl halides is 1. The smallest absolute Gasteiger partial charge is 0.104 e. The zero-order chi connectivity index (χ0) is 18.0. The number of ether oxygens (including phenoxy) is 1. The number of halogens is 1. The van der Waals surface area contributed by atoms with E-state index in [2.05, 4.69) is 45.2 Å². The summed E-state index contributed by atoms with van der Waals surface area (Å²) < 4.78 is 19.7. The second-order valence-corrected chi connectivity index (χ2v) is 8.79. The van der Waals surface area contributed by atoms with E-state index >= 15 is 0 Å². The van der Waals surface area contributed by atoms with Crippen LogP contribution in [0.3, 0.4) is 0 Å². The Bertz CT molecular complexity index is 436. The SMILES string of the molecule is CCC(F)[C@@H](C)C1N[C@](C)(/C=C/COC)C(C)(C)C2CCCCC12. The van der Waals surface area contributed by atoms with Crippen LogP contribution in [0.1, 0.15) is 66.7 Å². The third-order valence-electron chi connectivity index (χ3n) is 7.25. The molecular weight excluding hydrogens is 301 g/mol. The first-order chi connectivity index (χ1) is 11.3. The van der Waals surface area contributed by atoms with Gasteiger partial charge >= 0.3 is 0 Å². The fraction of sp³-hybridized carbons (Fsp3) is 0.905. The van der Waals surface area contributed by atoms with Gasteiger partial charge in [-0.2, -0.15) is 0 Å². The Balaban J connectivity index is 2.35. The van der Waals surface area contributed by atoms with E-state index in [1.807, 2.05) is 6.92 Å². The molecule has 3 heteroatoms. The maximum atomic E-state index is 14.5. The van der Waals surface area contributed by atoms with Crippen molar-refractivity contribution in [2.75, 3.05) is 13.7 Å². The highest BCUT2D eigenvalue weighted by molar-refractivity contribution is 5.19. The fourth-order valence-corrected chi connectivity index (χ4v) is 5.27. The van der Waals surface area contributed by atoms with E-state index in [0.29, 0.717) is 24.9 Å². The monoisotopic (exact) mass is 339 g/mol. The summed E-state index contributed by atoms with van der Waals surface area (Å²) >= 11 is 0. The Hall–Kier alpha value is -0.410. The molecule has 1 saturated carbocycles. The normalized spacial score (nSPS) is 38.7. The molecule has 2 rings (SSSR count). The van der Waals surface area contributed by atoms with Crippen LogP contribution in [0, 0.1) is 23.2 Å². The summed E-state index contributed by atoms with van der Waals surface area (Å²) in [5, 5.41) is 3.91. The molecule has 0 aromatic rings. The molecule has 1 aliphatic carbocycles. The van der Waals surface area contributed by atoms with Crippen LogP contribution in [0.2, 0.25) is 0 Å². The van der Waals surface area contributed by atoms with Crippen molar-refractivity contribution in [3.05, 3.63) is 12.2 Å². The summed E-state index contributed by atoms with van der Waals surface area (Å²) in [4.78, 5) is 0. The predicted molar refractivity (Wildman–Crippen MR) is 99.9 cm³/mol. The Morgan fingerprint density at radius 2 is 1.92 bits per heavy atom. The first-order valence-corrected chi connectivity index (χ1v) is 9.87. The standard InChI is InChI=1S/C21H38FNO/c1-7-18(22)15(2)19-16-11-8-9-12-17(16)20(3,4)21(5,23-19)13-10-14-24-6/h10,13,15-19,23H,7-9,11-12,14H2,1-6H3/b13-10+/t15-,16?,17?,18?,19?,21-/m1/s1. The van der Waals surface area contributed by atoms with Gasteiger partial charge in [0.25, 0.3) is 0 Å². The molecule has 2 fully saturated rings. The van der Waals surface area contributed by atoms with E-state index in [9.17, 15) is 4.39 Å². The van der Waals surface area contributed by atoms with Gasteiger partial charge in [0, 0.05) is 24.6 Å². The summed E-state index contributed by atoms with van der Waals surface area (Å²) in [5.74, 6) is 1.31. The highest BCUT2D eigenvalue weighted by atomic mass is 19.1. The molecule has 6 atom stereocenters. The van der Waals surface area contributed by atoms with Crippen molar-refractivity contribution in [2.45, 2.75) is 84.5 Å². The first-order valence-electron chi connectivity index (χ1n) is 9.87. The Morgan fingerprint density at radius 1 is 1.25 bits per heavy atom. The number of fused-ring (bicyclic) bond motifs is 1. The molecule has 24 heavy (non-hydrogen) atoms. The Kier molecular flexibility index (Phi) is 6.52. The summed E-state index contributed by atoms with van der Waals surface area (Å²) in [6.45, 7) is 11.8. The second kappa shape index (κ2) is 7.86. The molecule has 1 heterocycles. The summed E-state index contributed by atoms with van der Waals surface area (Å²) in [6, 6.07) is 0.260. The number of hydrogen-bond donors (Lipinski definition) is 1.